The monoisotopic (exact) mass is 438 g/mol. The van der Waals surface area contributed by atoms with Crippen LogP contribution in [-0.2, 0) is 9.53 Å². The van der Waals surface area contributed by atoms with Crippen LogP contribution in [0.1, 0.15) is 112 Å². The Bertz CT molecular complexity index is 893. The quantitative estimate of drug-likeness (QED) is 0.429. The molecule has 8 rings (SSSR count). The van der Waals surface area contributed by atoms with Gasteiger partial charge in [-0.05, 0) is 129 Å². The van der Waals surface area contributed by atoms with Crippen molar-refractivity contribution in [3.8, 4) is 0 Å². The highest BCUT2D eigenvalue weighted by molar-refractivity contribution is 5.78. The maximum absolute atomic E-state index is 14.1. The van der Waals surface area contributed by atoms with Crippen molar-refractivity contribution in [1.29, 1.82) is 0 Å². The molecule has 4 bridgehead atoms. The van der Waals surface area contributed by atoms with Crippen LogP contribution in [0.25, 0.3) is 0 Å². The van der Waals surface area contributed by atoms with Gasteiger partial charge in [-0.25, -0.2) is 0 Å². The Morgan fingerprint density at radius 2 is 1.62 bits per heavy atom. The first-order valence-corrected chi connectivity index (χ1v) is 14.2. The Hall–Kier alpha value is -0.530. The molecule has 0 aromatic carbocycles. The van der Waals surface area contributed by atoms with Gasteiger partial charge in [-0.3, -0.25) is 4.79 Å². The minimum absolute atomic E-state index is 0.178. The minimum Gasteiger partial charge on any atom is -0.459 e. The molecule has 8 aliphatic rings. The van der Waals surface area contributed by atoms with Gasteiger partial charge in [-0.15, -0.1) is 0 Å². The van der Waals surface area contributed by atoms with E-state index in [2.05, 4.69) is 41.5 Å². The molecule has 0 radical (unpaired) electrons. The van der Waals surface area contributed by atoms with Crippen molar-refractivity contribution in [1.82, 2.24) is 0 Å². The molecule has 8 fully saturated rings. The summed E-state index contributed by atoms with van der Waals surface area (Å²) in [4.78, 5) is 14.1. The van der Waals surface area contributed by atoms with Crippen LogP contribution in [0.2, 0.25) is 0 Å². The molecule has 8 aliphatic carbocycles. The molecule has 32 heavy (non-hydrogen) atoms. The van der Waals surface area contributed by atoms with Crippen LogP contribution in [0, 0.1) is 62.6 Å². The van der Waals surface area contributed by atoms with Gasteiger partial charge < -0.3 is 4.74 Å². The summed E-state index contributed by atoms with van der Waals surface area (Å²) in [7, 11) is 0. The smallest absolute Gasteiger partial charge is 0.312 e. The minimum atomic E-state index is -0.275. The molecular formula is C30H46O2. The molecule has 0 amide bonds. The number of esters is 1. The van der Waals surface area contributed by atoms with Gasteiger partial charge in [-0.1, -0.05) is 34.1 Å². The second-order valence-corrected chi connectivity index (χ2v) is 15.5. The molecule has 2 nitrogen and oxygen atoms in total. The normalized spacial score (nSPS) is 63.4. The molecule has 11 atom stereocenters. The summed E-state index contributed by atoms with van der Waals surface area (Å²) in [6.45, 7) is 14.6. The van der Waals surface area contributed by atoms with Gasteiger partial charge in [0, 0.05) is 5.92 Å². The van der Waals surface area contributed by atoms with Crippen LogP contribution < -0.4 is 0 Å². The van der Waals surface area contributed by atoms with Gasteiger partial charge in [0.05, 0.1) is 5.41 Å². The lowest BCUT2D eigenvalue weighted by atomic mass is 9.39. The van der Waals surface area contributed by atoms with E-state index in [0.717, 1.165) is 30.6 Å². The molecule has 0 heterocycles. The number of hydrogen-bond donors (Lipinski definition) is 0. The molecule has 0 aromatic rings. The highest BCUT2D eigenvalue weighted by Crippen LogP contribution is 2.85. The van der Waals surface area contributed by atoms with Crippen LogP contribution in [0.5, 0.6) is 0 Å². The summed E-state index contributed by atoms with van der Waals surface area (Å²) in [5.41, 5.74) is 1.63. The average Bonchev–Trinajstić information content (AvgIpc) is 3.54. The van der Waals surface area contributed by atoms with E-state index in [1.807, 2.05) is 0 Å². The van der Waals surface area contributed by atoms with Crippen molar-refractivity contribution >= 4 is 5.97 Å². The summed E-state index contributed by atoms with van der Waals surface area (Å²) in [6.07, 6.45) is 14.3. The molecule has 8 saturated carbocycles. The number of hydrogen-bond acceptors (Lipinski definition) is 2. The topological polar surface area (TPSA) is 26.3 Å². The first-order valence-electron chi connectivity index (χ1n) is 14.2. The fourth-order valence-corrected chi connectivity index (χ4v) is 12.3. The van der Waals surface area contributed by atoms with E-state index in [-0.39, 0.29) is 17.0 Å². The molecule has 0 N–H and O–H groups in total. The van der Waals surface area contributed by atoms with Gasteiger partial charge in [0.2, 0.25) is 0 Å². The van der Waals surface area contributed by atoms with Crippen molar-refractivity contribution in [2.75, 3.05) is 0 Å². The average molecular weight is 439 g/mol. The van der Waals surface area contributed by atoms with Crippen molar-refractivity contribution in [3.05, 3.63) is 0 Å². The maximum Gasteiger partial charge on any atom is 0.312 e. The lowest BCUT2D eigenvalue weighted by molar-refractivity contribution is -0.202. The Morgan fingerprint density at radius 3 is 2.25 bits per heavy atom. The van der Waals surface area contributed by atoms with E-state index in [1.165, 1.54) is 57.8 Å². The summed E-state index contributed by atoms with van der Waals surface area (Å²) < 4.78 is 6.64. The molecule has 178 valence electrons. The van der Waals surface area contributed by atoms with Gasteiger partial charge in [0.25, 0.3) is 0 Å². The number of ether oxygens (including phenoxy) is 1. The van der Waals surface area contributed by atoms with E-state index in [1.54, 1.807) is 0 Å². The van der Waals surface area contributed by atoms with Gasteiger partial charge >= 0.3 is 5.97 Å². The van der Waals surface area contributed by atoms with Crippen molar-refractivity contribution in [2.45, 2.75) is 118 Å². The van der Waals surface area contributed by atoms with Crippen LogP contribution in [0.3, 0.4) is 0 Å². The Balaban J connectivity index is 1.16. The fourth-order valence-electron chi connectivity index (χ4n) is 12.3. The number of fused-ring (bicyclic) bond motifs is 2. The van der Waals surface area contributed by atoms with E-state index >= 15 is 0 Å². The van der Waals surface area contributed by atoms with E-state index in [0.29, 0.717) is 39.4 Å². The van der Waals surface area contributed by atoms with Crippen molar-refractivity contribution < 1.29 is 9.53 Å². The van der Waals surface area contributed by atoms with Crippen LogP contribution in [0.4, 0.5) is 0 Å². The molecule has 1 spiro atoms. The summed E-state index contributed by atoms with van der Waals surface area (Å²) in [6, 6.07) is 0. The SMILES string of the molecule is CC(C)C12CCC(C)(OC(=O)[C@]3(C)CCC[C@@]4(C)C5CC6[C@@H]7CC5(CC[C@H]34)CC67C)C1C2. The third-order valence-electron chi connectivity index (χ3n) is 14.2. The van der Waals surface area contributed by atoms with Gasteiger partial charge in [0.1, 0.15) is 5.60 Å². The molecule has 0 aromatic heterocycles. The second-order valence-electron chi connectivity index (χ2n) is 15.5. The first-order chi connectivity index (χ1) is 14.9. The van der Waals surface area contributed by atoms with Gasteiger partial charge in [-0.2, -0.15) is 0 Å². The molecular weight excluding hydrogens is 392 g/mol. The highest BCUT2D eigenvalue weighted by Gasteiger charge is 2.79. The third kappa shape index (κ3) is 2.15. The maximum atomic E-state index is 14.1. The summed E-state index contributed by atoms with van der Waals surface area (Å²) in [5, 5.41) is 0. The predicted molar refractivity (Wildman–Crippen MR) is 127 cm³/mol. The standard InChI is InChI=1S/C30H46O2/c1-18(2)30-13-12-28(6,23(30)16-30)32-24(31)26(4)10-7-9-25(3)21(26)8-11-29-15-20-19(14-22(25)29)27(20,5)17-29/h18-23H,7-17H2,1-6H3/t19?,20-,21-,22?,23?,25+,26+,27?,28?,29?,30?/m0/s1. The molecule has 0 saturated heterocycles. The van der Waals surface area contributed by atoms with E-state index < -0.39 is 0 Å². The summed E-state index contributed by atoms with van der Waals surface area (Å²) >= 11 is 0. The lowest BCUT2D eigenvalue weighted by Gasteiger charge is -2.65. The largest absolute Gasteiger partial charge is 0.459 e. The zero-order chi connectivity index (χ0) is 22.5. The van der Waals surface area contributed by atoms with Crippen molar-refractivity contribution in [3.63, 3.8) is 0 Å². The van der Waals surface area contributed by atoms with E-state index in [9.17, 15) is 4.79 Å². The lowest BCUT2D eigenvalue weighted by Crippen LogP contribution is -2.60. The summed E-state index contributed by atoms with van der Waals surface area (Å²) in [5.74, 6) is 4.91. The van der Waals surface area contributed by atoms with Gasteiger partial charge in [0.15, 0.2) is 0 Å². The van der Waals surface area contributed by atoms with Crippen LogP contribution in [0.15, 0.2) is 0 Å². The van der Waals surface area contributed by atoms with Crippen molar-refractivity contribution in [2.24, 2.45) is 62.6 Å². The Kier molecular flexibility index (Phi) is 3.67. The zero-order valence-corrected chi connectivity index (χ0v) is 21.6. The first kappa shape index (κ1) is 20.8. The van der Waals surface area contributed by atoms with E-state index in [4.69, 9.17) is 4.74 Å². The van der Waals surface area contributed by atoms with Crippen LogP contribution in [-0.4, -0.2) is 11.6 Å². The molecule has 0 aliphatic heterocycles. The van der Waals surface area contributed by atoms with Crippen LogP contribution >= 0.6 is 0 Å². The number of carbonyl (C=O) groups is 1. The Morgan fingerprint density at radius 1 is 0.844 bits per heavy atom. The number of carbonyl (C=O) groups excluding carboxylic acids is 1. The fraction of sp³-hybridized carbons (Fsp3) is 0.967. The predicted octanol–water partition coefficient (Wildman–Crippen LogP) is 7.40. The zero-order valence-electron chi connectivity index (χ0n) is 21.6. The third-order valence-corrected chi connectivity index (χ3v) is 14.2. The molecule has 7 unspecified atom stereocenters. The highest BCUT2D eigenvalue weighted by atomic mass is 16.6. The second kappa shape index (κ2) is 5.64. The molecule has 2 heteroatoms. The number of rotatable bonds is 3. The Labute approximate surface area is 196 Å².